The van der Waals surface area contributed by atoms with Crippen LogP contribution in [0.15, 0.2) is 54.9 Å². The molecule has 0 saturated heterocycles. The van der Waals surface area contributed by atoms with Gasteiger partial charge in [-0.15, -0.1) is 0 Å². The molecule has 1 aromatic heterocycles. The maximum atomic E-state index is 13.3. The van der Waals surface area contributed by atoms with Crippen LogP contribution in [0, 0.1) is 5.82 Å². The van der Waals surface area contributed by atoms with Crippen LogP contribution in [-0.4, -0.2) is 15.5 Å². The second-order valence-electron chi connectivity index (χ2n) is 6.16. The summed E-state index contributed by atoms with van der Waals surface area (Å²) in [7, 11) is 1.84. The fourth-order valence-corrected chi connectivity index (χ4v) is 3.24. The van der Waals surface area contributed by atoms with Crippen LogP contribution in [0.5, 0.6) is 0 Å². The quantitative estimate of drug-likeness (QED) is 0.645. The summed E-state index contributed by atoms with van der Waals surface area (Å²) in [6.45, 7) is 0. The molecule has 2 aromatic carbocycles. The highest BCUT2D eigenvalue weighted by Crippen LogP contribution is 2.27. The van der Waals surface area contributed by atoms with Crippen LogP contribution in [0.4, 0.5) is 4.39 Å². The molecule has 0 aliphatic heterocycles. The number of amides is 1. The number of hydrogen-bond acceptors (Lipinski definition) is 2. The Morgan fingerprint density at radius 1 is 1.22 bits per heavy atom. The number of nitrogens with one attached hydrogen (secondary N) is 1. The van der Waals surface area contributed by atoms with Crippen LogP contribution in [0.25, 0.3) is 0 Å². The van der Waals surface area contributed by atoms with Gasteiger partial charge in [0.15, 0.2) is 0 Å². The molecule has 0 bridgehead atoms. The van der Waals surface area contributed by atoms with E-state index in [4.69, 9.17) is 23.2 Å². The van der Waals surface area contributed by atoms with Gasteiger partial charge in [-0.05, 0) is 35.7 Å². The van der Waals surface area contributed by atoms with Crippen molar-refractivity contribution in [1.82, 2.24) is 14.9 Å². The molecular weight excluding hydrogens is 388 g/mol. The van der Waals surface area contributed by atoms with E-state index in [-0.39, 0.29) is 18.1 Å². The molecule has 0 fully saturated rings. The number of aryl methyl sites for hydroxylation is 2. The molecule has 140 valence electrons. The Balaban J connectivity index is 1.76. The molecule has 1 amide bonds. The predicted molar refractivity (Wildman–Crippen MR) is 104 cm³/mol. The minimum Gasteiger partial charge on any atom is -0.342 e. The Labute approximate surface area is 166 Å². The maximum Gasteiger partial charge on any atom is 0.221 e. The summed E-state index contributed by atoms with van der Waals surface area (Å²) < 4.78 is 15.1. The van der Waals surface area contributed by atoms with Crippen LogP contribution >= 0.6 is 23.2 Å². The van der Waals surface area contributed by atoms with E-state index >= 15 is 0 Å². The molecule has 7 heteroatoms. The van der Waals surface area contributed by atoms with Crippen LogP contribution < -0.4 is 5.32 Å². The lowest BCUT2D eigenvalue weighted by Crippen LogP contribution is -2.31. The number of benzene rings is 2. The second kappa shape index (κ2) is 8.55. The molecule has 1 N–H and O–H groups in total. The van der Waals surface area contributed by atoms with E-state index in [0.717, 1.165) is 11.1 Å². The number of rotatable bonds is 6. The normalized spacial score (nSPS) is 12.0. The van der Waals surface area contributed by atoms with Crippen molar-refractivity contribution in [1.29, 1.82) is 0 Å². The van der Waals surface area contributed by atoms with E-state index in [2.05, 4.69) is 10.3 Å². The SMILES string of the molecule is Cn1ccnc1C(NC(=O)CCc1cccc(Cl)c1Cl)c1ccc(F)cc1. The Hall–Kier alpha value is -2.37. The van der Waals surface area contributed by atoms with Crippen molar-refractivity contribution >= 4 is 29.1 Å². The smallest absolute Gasteiger partial charge is 0.221 e. The molecule has 27 heavy (non-hydrogen) atoms. The standard InChI is InChI=1S/C20H18Cl2FN3O/c1-26-12-11-24-20(26)19(14-5-8-15(23)9-6-14)25-17(27)10-7-13-3-2-4-16(21)18(13)22/h2-6,8-9,11-12,19H,7,10H2,1H3,(H,25,27). The first kappa shape index (κ1) is 19.4. The van der Waals surface area contributed by atoms with Crippen molar-refractivity contribution in [3.05, 3.63) is 87.7 Å². The molecule has 0 saturated carbocycles. The molecule has 0 aliphatic rings. The average Bonchev–Trinajstić information content (AvgIpc) is 3.07. The van der Waals surface area contributed by atoms with Gasteiger partial charge < -0.3 is 9.88 Å². The van der Waals surface area contributed by atoms with Gasteiger partial charge in [0.25, 0.3) is 0 Å². The monoisotopic (exact) mass is 405 g/mol. The van der Waals surface area contributed by atoms with Gasteiger partial charge in [-0.2, -0.15) is 0 Å². The van der Waals surface area contributed by atoms with Gasteiger partial charge in [0, 0.05) is 25.9 Å². The van der Waals surface area contributed by atoms with Crippen molar-refractivity contribution < 1.29 is 9.18 Å². The van der Waals surface area contributed by atoms with Crippen molar-refractivity contribution in [3.8, 4) is 0 Å². The number of imidazole rings is 1. The molecule has 4 nitrogen and oxygen atoms in total. The summed E-state index contributed by atoms with van der Waals surface area (Å²) in [6.07, 6.45) is 4.15. The largest absolute Gasteiger partial charge is 0.342 e. The Kier molecular flexibility index (Phi) is 6.14. The lowest BCUT2D eigenvalue weighted by Gasteiger charge is -2.19. The maximum absolute atomic E-state index is 13.3. The summed E-state index contributed by atoms with van der Waals surface area (Å²) in [6, 6.07) is 10.9. The van der Waals surface area contributed by atoms with E-state index in [0.29, 0.717) is 22.3 Å². The first-order valence-electron chi connectivity index (χ1n) is 8.40. The first-order valence-corrected chi connectivity index (χ1v) is 9.16. The zero-order valence-electron chi connectivity index (χ0n) is 14.6. The number of nitrogens with zero attached hydrogens (tertiary/aromatic N) is 2. The van der Waals surface area contributed by atoms with Crippen molar-refractivity contribution in [2.75, 3.05) is 0 Å². The molecule has 0 spiro atoms. The fraction of sp³-hybridized carbons (Fsp3) is 0.200. The molecule has 1 atom stereocenters. The number of halogens is 3. The molecule has 3 aromatic rings. The van der Waals surface area contributed by atoms with E-state index in [9.17, 15) is 9.18 Å². The van der Waals surface area contributed by atoms with Crippen molar-refractivity contribution in [3.63, 3.8) is 0 Å². The van der Waals surface area contributed by atoms with Gasteiger partial charge in [-0.25, -0.2) is 9.37 Å². The van der Waals surface area contributed by atoms with Gasteiger partial charge in [0.1, 0.15) is 17.7 Å². The zero-order chi connectivity index (χ0) is 19.4. The summed E-state index contributed by atoms with van der Waals surface area (Å²) in [5.74, 6) is 0.165. The Bertz CT molecular complexity index is 941. The first-order chi connectivity index (χ1) is 13.0. The predicted octanol–water partition coefficient (Wildman–Crippen LogP) is 4.70. The minimum atomic E-state index is -0.479. The summed E-state index contributed by atoms with van der Waals surface area (Å²) >= 11 is 12.2. The second-order valence-corrected chi connectivity index (χ2v) is 6.95. The molecule has 1 unspecified atom stereocenters. The van der Waals surface area contributed by atoms with E-state index in [1.54, 1.807) is 36.7 Å². The number of carbonyl (C=O) groups excluding carboxylic acids is 1. The highest BCUT2D eigenvalue weighted by molar-refractivity contribution is 6.42. The van der Waals surface area contributed by atoms with E-state index in [1.165, 1.54) is 12.1 Å². The number of hydrogen-bond donors (Lipinski definition) is 1. The molecule has 0 aliphatic carbocycles. The Morgan fingerprint density at radius 3 is 2.63 bits per heavy atom. The number of carbonyl (C=O) groups is 1. The third kappa shape index (κ3) is 4.67. The van der Waals surface area contributed by atoms with Gasteiger partial charge in [0.2, 0.25) is 5.91 Å². The molecular formula is C20H18Cl2FN3O. The highest BCUT2D eigenvalue weighted by atomic mass is 35.5. The van der Waals surface area contributed by atoms with Crippen LogP contribution in [0.2, 0.25) is 10.0 Å². The van der Waals surface area contributed by atoms with E-state index in [1.807, 2.05) is 17.7 Å². The fourth-order valence-electron chi connectivity index (χ4n) is 2.83. The molecule has 3 rings (SSSR count). The third-order valence-electron chi connectivity index (χ3n) is 4.28. The molecule has 0 radical (unpaired) electrons. The lowest BCUT2D eigenvalue weighted by molar-refractivity contribution is -0.121. The van der Waals surface area contributed by atoms with Gasteiger partial charge >= 0.3 is 0 Å². The van der Waals surface area contributed by atoms with Gasteiger partial charge in [0.05, 0.1) is 10.0 Å². The highest BCUT2D eigenvalue weighted by Gasteiger charge is 2.21. The molecule has 1 heterocycles. The van der Waals surface area contributed by atoms with Gasteiger partial charge in [-0.1, -0.05) is 47.5 Å². The zero-order valence-corrected chi connectivity index (χ0v) is 16.1. The summed E-state index contributed by atoms with van der Waals surface area (Å²) in [5.41, 5.74) is 1.56. The summed E-state index contributed by atoms with van der Waals surface area (Å²) in [5, 5.41) is 3.91. The average molecular weight is 406 g/mol. The number of aromatic nitrogens is 2. The summed E-state index contributed by atoms with van der Waals surface area (Å²) in [4.78, 5) is 16.9. The minimum absolute atomic E-state index is 0.164. The topological polar surface area (TPSA) is 46.9 Å². The van der Waals surface area contributed by atoms with Crippen LogP contribution in [0.1, 0.15) is 29.4 Å². The van der Waals surface area contributed by atoms with Crippen LogP contribution in [0.3, 0.4) is 0 Å². The van der Waals surface area contributed by atoms with Crippen LogP contribution in [-0.2, 0) is 18.3 Å². The third-order valence-corrected chi connectivity index (χ3v) is 5.14. The van der Waals surface area contributed by atoms with Crippen molar-refractivity contribution in [2.45, 2.75) is 18.9 Å². The van der Waals surface area contributed by atoms with Crippen molar-refractivity contribution in [2.24, 2.45) is 7.05 Å². The lowest BCUT2D eigenvalue weighted by atomic mass is 10.0. The van der Waals surface area contributed by atoms with E-state index < -0.39 is 6.04 Å². The Morgan fingerprint density at radius 2 is 1.96 bits per heavy atom. The van der Waals surface area contributed by atoms with Gasteiger partial charge in [-0.3, -0.25) is 4.79 Å².